The number of hydrogen-bond acceptors (Lipinski definition) is 5. The van der Waals surface area contributed by atoms with E-state index < -0.39 is 10.0 Å². The molecule has 1 saturated heterocycles. The van der Waals surface area contributed by atoms with E-state index in [-0.39, 0.29) is 6.04 Å². The van der Waals surface area contributed by atoms with Crippen LogP contribution >= 0.6 is 35.2 Å². The third kappa shape index (κ3) is 3.75. The average molecular weight is 368 g/mol. The molecule has 2 heterocycles. The summed E-state index contributed by atoms with van der Waals surface area (Å²) in [6.07, 6.45) is 0.836. The molecule has 1 aliphatic rings. The fraction of sp³-hybridized carbons (Fsp3) is 0.583. The summed E-state index contributed by atoms with van der Waals surface area (Å²) in [7, 11) is -3.44. The van der Waals surface area contributed by atoms with Gasteiger partial charge >= 0.3 is 0 Å². The molecule has 118 valence electrons. The molecule has 1 unspecified atom stereocenters. The summed E-state index contributed by atoms with van der Waals surface area (Å²) < 4.78 is 27.2. The highest BCUT2D eigenvalue weighted by molar-refractivity contribution is 7.91. The van der Waals surface area contributed by atoms with Crippen LogP contribution in [0.1, 0.15) is 13.3 Å². The van der Waals surface area contributed by atoms with Crippen LogP contribution in [0.3, 0.4) is 0 Å². The number of thiophene rings is 1. The summed E-state index contributed by atoms with van der Waals surface area (Å²) in [5.74, 6) is 0. The third-order valence-corrected chi connectivity index (χ3v) is 7.44. The number of nitrogens with zero attached hydrogens (tertiary/aromatic N) is 2. The number of hydrogen-bond donors (Lipinski definition) is 1. The standard InChI is InChI=1S/C12H18ClN3O2S3/c1-2-9(12(14)19)15-5-7-16(8-6-15)21(17,18)11-4-3-10(13)20-11/h3-4,9H,2,5-8H2,1H3,(H2,14,19). The van der Waals surface area contributed by atoms with Crippen molar-refractivity contribution in [3.05, 3.63) is 16.5 Å². The Balaban J connectivity index is 2.05. The summed E-state index contributed by atoms with van der Waals surface area (Å²) in [6, 6.07) is 3.20. The molecular weight excluding hydrogens is 350 g/mol. The zero-order valence-corrected chi connectivity index (χ0v) is 14.9. The van der Waals surface area contributed by atoms with Gasteiger partial charge in [-0.3, -0.25) is 4.90 Å². The Hall–Kier alpha value is -0.250. The second-order valence-electron chi connectivity index (χ2n) is 4.83. The summed E-state index contributed by atoms with van der Waals surface area (Å²) in [4.78, 5) is 2.62. The van der Waals surface area contributed by atoms with E-state index in [1.165, 1.54) is 4.31 Å². The van der Waals surface area contributed by atoms with Crippen molar-refractivity contribution in [2.45, 2.75) is 23.6 Å². The molecule has 5 nitrogen and oxygen atoms in total. The fourth-order valence-electron chi connectivity index (χ4n) is 2.46. The molecule has 9 heteroatoms. The molecule has 0 saturated carbocycles. The first kappa shape index (κ1) is 17.1. The lowest BCUT2D eigenvalue weighted by molar-refractivity contribution is 0.165. The lowest BCUT2D eigenvalue weighted by atomic mass is 10.1. The highest BCUT2D eigenvalue weighted by Gasteiger charge is 2.32. The van der Waals surface area contributed by atoms with Gasteiger partial charge in [0, 0.05) is 26.2 Å². The first-order valence-corrected chi connectivity index (χ1v) is 9.69. The van der Waals surface area contributed by atoms with E-state index in [1.807, 2.05) is 6.92 Å². The minimum Gasteiger partial charge on any atom is -0.392 e. The van der Waals surface area contributed by atoms with Gasteiger partial charge in [-0.1, -0.05) is 30.7 Å². The van der Waals surface area contributed by atoms with Crippen LogP contribution in [0.2, 0.25) is 4.34 Å². The Kier molecular flexibility index (Phi) is 5.61. The minimum absolute atomic E-state index is 0.0426. The van der Waals surface area contributed by atoms with Crippen LogP contribution in [-0.4, -0.2) is 54.8 Å². The molecule has 2 rings (SSSR count). The molecule has 0 amide bonds. The molecule has 2 N–H and O–H groups in total. The molecule has 0 aromatic carbocycles. The lowest BCUT2D eigenvalue weighted by Crippen LogP contribution is -2.54. The number of rotatable bonds is 5. The van der Waals surface area contributed by atoms with Gasteiger partial charge in [0.2, 0.25) is 0 Å². The van der Waals surface area contributed by atoms with E-state index in [4.69, 9.17) is 29.6 Å². The van der Waals surface area contributed by atoms with Crippen molar-refractivity contribution in [3.8, 4) is 0 Å². The summed E-state index contributed by atoms with van der Waals surface area (Å²) in [5.41, 5.74) is 5.74. The van der Waals surface area contributed by atoms with E-state index in [2.05, 4.69) is 4.90 Å². The zero-order chi connectivity index (χ0) is 15.6. The largest absolute Gasteiger partial charge is 0.392 e. The van der Waals surface area contributed by atoms with E-state index in [0.717, 1.165) is 17.8 Å². The zero-order valence-electron chi connectivity index (χ0n) is 11.7. The Bertz CT molecular complexity index is 609. The molecule has 1 atom stereocenters. The van der Waals surface area contributed by atoms with Crippen molar-refractivity contribution < 1.29 is 8.42 Å². The second kappa shape index (κ2) is 6.89. The van der Waals surface area contributed by atoms with Crippen molar-refractivity contribution in [1.29, 1.82) is 0 Å². The maximum absolute atomic E-state index is 12.5. The highest BCUT2D eigenvalue weighted by Crippen LogP contribution is 2.28. The van der Waals surface area contributed by atoms with Crippen LogP contribution in [0.4, 0.5) is 0 Å². The normalized spacial score (nSPS) is 19.5. The van der Waals surface area contributed by atoms with Crippen molar-refractivity contribution in [1.82, 2.24) is 9.21 Å². The molecule has 1 aromatic rings. The predicted octanol–water partition coefficient (Wildman–Crippen LogP) is 1.77. The topological polar surface area (TPSA) is 66.6 Å². The number of sulfonamides is 1. The number of nitrogens with two attached hydrogens (primary N) is 1. The summed E-state index contributed by atoms with van der Waals surface area (Å²) >= 11 is 12.0. The maximum Gasteiger partial charge on any atom is 0.252 e. The minimum atomic E-state index is -3.44. The van der Waals surface area contributed by atoms with Gasteiger partial charge in [-0.25, -0.2) is 8.42 Å². The molecular formula is C12H18ClN3O2S3. The van der Waals surface area contributed by atoms with Crippen LogP contribution in [-0.2, 0) is 10.0 Å². The van der Waals surface area contributed by atoms with Crippen molar-refractivity contribution in [2.24, 2.45) is 5.73 Å². The van der Waals surface area contributed by atoms with Crippen LogP contribution in [0.15, 0.2) is 16.3 Å². The van der Waals surface area contributed by atoms with Gasteiger partial charge in [0.1, 0.15) is 4.21 Å². The first-order valence-electron chi connectivity index (χ1n) is 6.65. The maximum atomic E-state index is 12.5. The summed E-state index contributed by atoms with van der Waals surface area (Å²) in [6.45, 7) is 4.18. The summed E-state index contributed by atoms with van der Waals surface area (Å²) in [5, 5.41) is 0. The van der Waals surface area contributed by atoms with Crippen molar-refractivity contribution in [2.75, 3.05) is 26.2 Å². The molecule has 0 radical (unpaired) electrons. The fourth-order valence-corrected chi connectivity index (χ4v) is 5.83. The van der Waals surface area contributed by atoms with E-state index >= 15 is 0 Å². The van der Waals surface area contributed by atoms with E-state index in [0.29, 0.717) is 39.7 Å². The number of halogens is 1. The first-order chi connectivity index (χ1) is 9.86. The van der Waals surface area contributed by atoms with Gasteiger partial charge in [-0.05, 0) is 18.6 Å². The molecule has 1 aromatic heterocycles. The smallest absolute Gasteiger partial charge is 0.252 e. The average Bonchev–Trinajstić information content (AvgIpc) is 2.87. The predicted molar refractivity (Wildman–Crippen MR) is 90.5 cm³/mol. The molecule has 0 aliphatic carbocycles. The van der Waals surface area contributed by atoms with Gasteiger partial charge in [0.25, 0.3) is 10.0 Å². The monoisotopic (exact) mass is 367 g/mol. The van der Waals surface area contributed by atoms with Gasteiger partial charge < -0.3 is 5.73 Å². The Labute approximate surface area is 139 Å². The molecule has 0 spiro atoms. The molecule has 1 aliphatic heterocycles. The van der Waals surface area contributed by atoms with Crippen LogP contribution < -0.4 is 5.73 Å². The van der Waals surface area contributed by atoms with Crippen LogP contribution in [0, 0.1) is 0 Å². The number of piperazine rings is 1. The number of thiocarbonyl (C=S) groups is 1. The van der Waals surface area contributed by atoms with Crippen LogP contribution in [0.25, 0.3) is 0 Å². The molecule has 0 bridgehead atoms. The Morgan fingerprint density at radius 2 is 2.05 bits per heavy atom. The van der Waals surface area contributed by atoms with Crippen molar-refractivity contribution in [3.63, 3.8) is 0 Å². The van der Waals surface area contributed by atoms with Crippen molar-refractivity contribution >= 4 is 50.2 Å². The highest BCUT2D eigenvalue weighted by atomic mass is 35.5. The van der Waals surface area contributed by atoms with Gasteiger partial charge in [-0.15, -0.1) is 11.3 Å². The Morgan fingerprint density at radius 3 is 2.48 bits per heavy atom. The molecule has 1 fully saturated rings. The SMILES string of the molecule is CCC(C(N)=S)N1CCN(S(=O)(=O)c2ccc(Cl)s2)CC1. The van der Waals surface area contributed by atoms with E-state index in [9.17, 15) is 8.42 Å². The molecule has 21 heavy (non-hydrogen) atoms. The Morgan fingerprint density at radius 1 is 1.43 bits per heavy atom. The van der Waals surface area contributed by atoms with E-state index in [1.54, 1.807) is 12.1 Å². The second-order valence-corrected chi connectivity index (χ2v) is 9.18. The quantitative estimate of drug-likeness (QED) is 0.803. The van der Waals surface area contributed by atoms with Gasteiger partial charge in [0.05, 0.1) is 15.4 Å². The van der Waals surface area contributed by atoms with Crippen LogP contribution in [0.5, 0.6) is 0 Å². The van der Waals surface area contributed by atoms with Gasteiger partial charge in [-0.2, -0.15) is 4.31 Å². The lowest BCUT2D eigenvalue weighted by Gasteiger charge is -2.37. The third-order valence-electron chi connectivity index (χ3n) is 3.57. The van der Waals surface area contributed by atoms with Gasteiger partial charge in [0.15, 0.2) is 0 Å².